The quantitative estimate of drug-likeness (QED) is 0.529. The third-order valence-electron chi connectivity index (χ3n) is 5.59. The number of alkyl halides is 3. The maximum absolute atomic E-state index is 13.5. The van der Waals surface area contributed by atoms with Gasteiger partial charge in [0.15, 0.2) is 17.8 Å². The summed E-state index contributed by atoms with van der Waals surface area (Å²) in [7, 11) is 2.74. The Kier molecular flexibility index (Phi) is 7.73. The fourth-order valence-electron chi connectivity index (χ4n) is 3.93. The molecular weight excluding hydrogens is 461 g/mol. The summed E-state index contributed by atoms with van der Waals surface area (Å²) in [5.41, 5.74) is -0.593. The van der Waals surface area contributed by atoms with Crippen molar-refractivity contribution in [2.24, 2.45) is 7.05 Å². The molecule has 0 aliphatic carbocycles. The van der Waals surface area contributed by atoms with Crippen molar-refractivity contribution >= 4 is 17.5 Å². The first kappa shape index (κ1) is 25.8. The normalized spacial score (nSPS) is 18.7. The van der Waals surface area contributed by atoms with Gasteiger partial charge in [0.25, 0.3) is 5.56 Å². The Balaban J connectivity index is 2.24. The smallest absolute Gasteiger partial charge is 0.383 e. The van der Waals surface area contributed by atoms with E-state index in [0.717, 1.165) is 19.8 Å². The number of carbonyl (C=O) groups is 1. The zero-order valence-corrected chi connectivity index (χ0v) is 19.5. The highest BCUT2D eigenvalue weighted by molar-refractivity contribution is 5.80. The van der Waals surface area contributed by atoms with Gasteiger partial charge in [0.2, 0.25) is 0 Å². The molecule has 1 atom stereocenters. The summed E-state index contributed by atoms with van der Waals surface area (Å²) in [5.74, 6) is -2.66. The minimum absolute atomic E-state index is 0.0331. The number of anilines is 2. The van der Waals surface area contributed by atoms with Crippen molar-refractivity contribution in [2.45, 2.75) is 32.9 Å². The number of aromatic nitrogens is 2. The van der Waals surface area contributed by atoms with E-state index in [1.165, 1.54) is 14.2 Å². The van der Waals surface area contributed by atoms with Crippen LogP contribution < -0.4 is 26.5 Å². The van der Waals surface area contributed by atoms with Gasteiger partial charge in [-0.25, -0.2) is 9.59 Å². The van der Waals surface area contributed by atoms with Gasteiger partial charge in [-0.1, -0.05) is 11.6 Å². The first-order chi connectivity index (χ1) is 16.0. The summed E-state index contributed by atoms with van der Waals surface area (Å²) in [6.45, 7) is 5.77. The van der Waals surface area contributed by atoms with Crippen LogP contribution in [-0.4, -0.2) is 78.9 Å². The largest absolute Gasteiger partial charge is 0.493 e. The second-order valence-electron chi connectivity index (χ2n) is 8.23. The molecule has 0 bridgehead atoms. The van der Waals surface area contributed by atoms with Crippen LogP contribution in [0.3, 0.4) is 0 Å². The second-order valence-corrected chi connectivity index (χ2v) is 8.23. The molecule has 1 saturated heterocycles. The third-order valence-corrected chi connectivity index (χ3v) is 5.59. The number of halogens is 3. The van der Waals surface area contributed by atoms with Gasteiger partial charge in [-0.05, 0) is 13.8 Å². The van der Waals surface area contributed by atoms with E-state index >= 15 is 0 Å². The molecule has 34 heavy (non-hydrogen) atoms. The van der Waals surface area contributed by atoms with Crippen LogP contribution in [0.4, 0.5) is 24.7 Å². The number of methoxy groups -OCH3 is 1. The van der Waals surface area contributed by atoms with Crippen LogP contribution >= 0.6 is 0 Å². The first-order valence-electron chi connectivity index (χ1n) is 10.7. The van der Waals surface area contributed by atoms with Crippen LogP contribution in [0.2, 0.25) is 0 Å². The monoisotopic (exact) mass is 490 g/mol. The lowest BCUT2D eigenvalue weighted by atomic mass is 10.3. The maximum atomic E-state index is 13.5. The van der Waals surface area contributed by atoms with Crippen LogP contribution in [0.15, 0.2) is 21.2 Å². The number of allylic oxidation sites excluding steroid dienone is 1. The lowest BCUT2D eigenvalue weighted by Gasteiger charge is -2.40. The van der Waals surface area contributed by atoms with Crippen LogP contribution in [0.25, 0.3) is 0 Å². The second kappa shape index (κ2) is 10.2. The highest BCUT2D eigenvalue weighted by atomic mass is 19.4. The molecule has 1 fully saturated rings. The highest BCUT2D eigenvalue weighted by Crippen LogP contribution is 2.38. The van der Waals surface area contributed by atoms with Gasteiger partial charge in [0.1, 0.15) is 0 Å². The molecule has 2 aliphatic rings. The van der Waals surface area contributed by atoms with Crippen LogP contribution in [0.1, 0.15) is 13.8 Å². The molecule has 0 saturated carbocycles. The van der Waals surface area contributed by atoms with Gasteiger partial charge in [-0.2, -0.15) is 13.2 Å². The molecule has 3 rings (SSSR count). The molecule has 190 valence electrons. The molecular formula is C20H29F3N6O5. The molecule has 1 aromatic rings. The Bertz CT molecular complexity index is 1060. The summed E-state index contributed by atoms with van der Waals surface area (Å²) in [6, 6.07) is 0. The van der Waals surface area contributed by atoms with Crippen molar-refractivity contribution in [1.82, 2.24) is 19.4 Å². The van der Waals surface area contributed by atoms with E-state index in [-0.39, 0.29) is 31.2 Å². The topological polar surface area (TPSA) is 101 Å². The molecule has 14 heteroatoms. The lowest BCUT2D eigenvalue weighted by Crippen LogP contribution is -2.61. The number of hydrogen-bond donors (Lipinski definition) is 1. The number of fused-ring (bicyclic) bond motifs is 1. The Labute approximate surface area is 193 Å². The predicted octanol–water partition coefficient (Wildman–Crippen LogP) is -0.00470. The van der Waals surface area contributed by atoms with Crippen LogP contribution in [-0.2, 0) is 28.0 Å². The van der Waals surface area contributed by atoms with Gasteiger partial charge in [-0.15, -0.1) is 5.06 Å². The average Bonchev–Trinajstić information content (AvgIpc) is 3.10. The fraction of sp³-hybridized carbons (Fsp3) is 0.650. The molecule has 0 radical (unpaired) electrons. The van der Waals surface area contributed by atoms with Crippen LogP contribution in [0.5, 0.6) is 0 Å². The maximum Gasteiger partial charge on any atom is 0.493 e. The van der Waals surface area contributed by atoms with E-state index in [2.05, 4.69) is 5.32 Å². The summed E-state index contributed by atoms with van der Waals surface area (Å²) in [4.78, 5) is 46.5. The molecule has 0 aromatic carbocycles. The minimum Gasteiger partial charge on any atom is -0.383 e. The number of nitrogens with zero attached hydrogens (tertiary/aromatic N) is 5. The van der Waals surface area contributed by atoms with Crippen molar-refractivity contribution in [1.29, 1.82) is 0 Å². The van der Waals surface area contributed by atoms with Crippen molar-refractivity contribution in [2.75, 3.05) is 56.4 Å². The van der Waals surface area contributed by atoms with Gasteiger partial charge >= 0.3 is 17.8 Å². The number of rotatable bonds is 7. The van der Waals surface area contributed by atoms with E-state index in [9.17, 15) is 27.6 Å². The molecule has 11 nitrogen and oxygen atoms in total. The summed E-state index contributed by atoms with van der Waals surface area (Å²) in [5, 5.41) is 3.89. The Morgan fingerprint density at radius 3 is 2.41 bits per heavy atom. The zero-order chi connectivity index (χ0) is 25.2. The number of carbonyl (C=O) groups excluding carboxylic acids is 1. The Hall–Kier alpha value is -2.84. The van der Waals surface area contributed by atoms with E-state index in [0.29, 0.717) is 26.2 Å². The van der Waals surface area contributed by atoms with Crippen molar-refractivity contribution < 1.29 is 27.5 Å². The van der Waals surface area contributed by atoms with Crippen molar-refractivity contribution in [3.05, 3.63) is 32.5 Å². The number of piperazine rings is 1. The Morgan fingerprint density at radius 2 is 1.85 bits per heavy atom. The van der Waals surface area contributed by atoms with E-state index in [1.807, 2.05) is 13.8 Å². The lowest BCUT2D eigenvalue weighted by molar-refractivity contribution is -0.203. The SMILES string of the molecule is COCCn1c(=O)c2c(n(C)c1=O)N(OC(=O)C(F)(F)F)C(N1CCNCC1)N2CC=C(C)C. The van der Waals surface area contributed by atoms with Gasteiger partial charge in [0.05, 0.1) is 13.2 Å². The minimum atomic E-state index is -5.27. The van der Waals surface area contributed by atoms with E-state index in [4.69, 9.17) is 9.57 Å². The summed E-state index contributed by atoms with van der Waals surface area (Å²) in [6.07, 6.45) is -4.53. The Morgan fingerprint density at radius 1 is 1.21 bits per heavy atom. The van der Waals surface area contributed by atoms with Gasteiger partial charge in [0, 0.05) is 46.9 Å². The molecule has 1 unspecified atom stereocenters. The molecule has 1 N–H and O–H groups in total. The fourth-order valence-corrected chi connectivity index (χ4v) is 3.93. The molecule has 1 aromatic heterocycles. The summed E-state index contributed by atoms with van der Waals surface area (Å²) >= 11 is 0. The number of hydrogen-bond acceptors (Lipinski definition) is 9. The highest BCUT2D eigenvalue weighted by Gasteiger charge is 2.50. The summed E-state index contributed by atoms with van der Waals surface area (Å²) < 4.78 is 46.5. The zero-order valence-electron chi connectivity index (χ0n) is 19.5. The molecule has 0 amide bonds. The molecule has 2 aliphatic heterocycles. The number of nitrogens with one attached hydrogen (secondary N) is 1. The number of ether oxygens (including phenoxy) is 1. The third kappa shape index (κ3) is 4.98. The van der Waals surface area contributed by atoms with Crippen molar-refractivity contribution in [3.63, 3.8) is 0 Å². The van der Waals surface area contributed by atoms with E-state index in [1.54, 1.807) is 15.9 Å². The molecule has 3 heterocycles. The standard InChI is InChI=1S/C20H29F3N6O5/c1-13(2)5-8-27-14-15(25(3)19(32)28(16(14)30)11-12-33-4)29(34-17(31)20(21,22)23)18(27)26-9-6-24-7-10-26/h5,18,24H,6-12H2,1-4H3. The molecule has 0 spiro atoms. The first-order valence-corrected chi connectivity index (χ1v) is 10.7. The predicted molar refractivity (Wildman–Crippen MR) is 117 cm³/mol. The van der Waals surface area contributed by atoms with Crippen LogP contribution in [0, 0.1) is 0 Å². The van der Waals surface area contributed by atoms with E-state index < -0.39 is 29.7 Å². The number of hydroxylamine groups is 1. The average molecular weight is 490 g/mol. The van der Waals surface area contributed by atoms with Crippen molar-refractivity contribution in [3.8, 4) is 0 Å². The van der Waals surface area contributed by atoms with Gasteiger partial charge in [-0.3, -0.25) is 18.8 Å². The van der Waals surface area contributed by atoms with Gasteiger partial charge < -0.3 is 19.8 Å².